The number of piperazine rings is 1. The maximum absolute atomic E-state index is 13.0. The molecule has 1 aliphatic rings. The van der Waals surface area contributed by atoms with Crippen molar-refractivity contribution in [3.63, 3.8) is 0 Å². The van der Waals surface area contributed by atoms with Gasteiger partial charge in [0.2, 0.25) is 5.88 Å². The number of carbonyl (C=O) groups excluding carboxylic acids is 1. The summed E-state index contributed by atoms with van der Waals surface area (Å²) < 4.78 is 23.8. The topological polar surface area (TPSA) is 79.3 Å². The van der Waals surface area contributed by atoms with Crippen LogP contribution < -0.4 is 10.1 Å². The van der Waals surface area contributed by atoms with Crippen molar-refractivity contribution in [3.8, 4) is 11.6 Å². The molecule has 1 aliphatic heterocycles. The van der Waals surface area contributed by atoms with Crippen LogP contribution in [0.5, 0.6) is 11.6 Å². The molecule has 0 saturated carbocycles. The molecule has 1 aromatic heterocycles. The summed E-state index contributed by atoms with van der Waals surface area (Å²) in [5.41, 5.74) is 0.966. The van der Waals surface area contributed by atoms with Gasteiger partial charge in [-0.25, -0.2) is 14.2 Å². The summed E-state index contributed by atoms with van der Waals surface area (Å²) in [6, 6.07) is 9.50. The number of carbonyl (C=O) groups is 1. The highest BCUT2D eigenvalue weighted by Crippen LogP contribution is 2.20. The first-order valence-electron chi connectivity index (χ1n) is 9.84. The molecular formula is C21H27FIN5O3. The van der Waals surface area contributed by atoms with Crippen molar-refractivity contribution in [3.05, 3.63) is 54.0 Å². The molecule has 1 amide bonds. The van der Waals surface area contributed by atoms with Gasteiger partial charge in [-0.2, -0.15) is 0 Å². The predicted molar refractivity (Wildman–Crippen MR) is 126 cm³/mol. The summed E-state index contributed by atoms with van der Waals surface area (Å²) in [4.78, 5) is 24.2. The molecule has 0 spiro atoms. The standard InChI is InChI=1S/C21H26FN5O3.HI/c1-3-29-21(28)27-12-10-26(11-13-27)20(23-2)25-15-16-8-9-24-19(14-16)30-18-6-4-17(22)5-7-18;/h4-9,14H,3,10-13,15H2,1-2H3,(H,23,25);1H. The van der Waals surface area contributed by atoms with Crippen molar-refractivity contribution >= 4 is 36.0 Å². The second-order valence-electron chi connectivity index (χ2n) is 6.63. The molecule has 1 aromatic carbocycles. The lowest BCUT2D eigenvalue weighted by Crippen LogP contribution is -2.53. The van der Waals surface area contributed by atoms with Crippen molar-refractivity contribution < 1.29 is 18.7 Å². The molecule has 2 aromatic rings. The molecule has 8 nitrogen and oxygen atoms in total. The van der Waals surface area contributed by atoms with Gasteiger partial charge in [0, 0.05) is 52.0 Å². The first-order valence-corrected chi connectivity index (χ1v) is 9.84. The van der Waals surface area contributed by atoms with Gasteiger partial charge >= 0.3 is 6.09 Å². The Hall–Kier alpha value is -2.63. The molecular weight excluding hydrogens is 516 g/mol. The van der Waals surface area contributed by atoms with Crippen molar-refractivity contribution in [2.75, 3.05) is 39.8 Å². The molecule has 3 rings (SSSR count). The van der Waals surface area contributed by atoms with Crippen LogP contribution in [0.1, 0.15) is 12.5 Å². The highest BCUT2D eigenvalue weighted by Gasteiger charge is 2.23. The van der Waals surface area contributed by atoms with Gasteiger partial charge in [0.1, 0.15) is 11.6 Å². The van der Waals surface area contributed by atoms with Crippen molar-refractivity contribution in [1.29, 1.82) is 0 Å². The van der Waals surface area contributed by atoms with Crippen LogP contribution in [0, 0.1) is 5.82 Å². The smallest absolute Gasteiger partial charge is 0.409 e. The fourth-order valence-corrected chi connectivity index (χ4v) is 3.07. The molecule has 10 heteroatoms. The number of rotatable bonds is 5. The van der Waals surface area contributed by atoms with Crippen molar-refractivity contribution in [1.82, 2.24) is 20.1 Å². The number of nitrogens with zero attached hydrogens (tertiary/aromatic N) is 4. The van der Waals surface area contributed by atoms with Crippen LogP contribution in [-0.2, 0) is 11.3 Å². The number of halogens is 2. The zero-order chi connectivity index (χ0) is 21.3. The van der Waals surface area contributed by atoms with Crippen LogP contribution in [-0.4, -0.2) is 66.7 Å². The lowest BCUT2D eigenvalue weighted by Gasteiger charge is -2.35. The number of hydrogen-bond donors (Lipinski definition) is 1. The SMILES string of the molecule is CCOC(=O)N1CCN(C(=NC)NCc2ccnc(Oc3ccc(F)cc3)c2)CC1.I. The van der Waals surface area contributed by atoms with E-state index in [-0.39, 0.29) is 35.9 Å². The largest absolute Gasteiger partial charge is 0.450 e. The van der Waals surface area contributed by atoms with Crippen LogP contribution in [0.2, 0.25) is 0 Å². The number of nitrogens with one attached hydrogen (secondary N) is 1. The van der Waals surface area contributed by atoms with E-state index in [2.05, 4.69) is 20.2 Å². The van der Waals surface area contributed by atoms with Gasteiger partial charge in [-0.3, -0.25) is 4.99 Å². The number of guanidine groups is 1. The molecule has 1 fully saturated rings. The number of aliphatic imine (C=N–C) groups is 1. The zero-order valence-electron chi connectivity index (χ0n) is 17.6. The third-order valence-corrected chi connectivity index (χ3v) is 4.60. The minimum atomic E-state index is -0.317. The van der Waals surface area contributed by atoms with E-state index in [1.165, 1.54) is 12.1 Å². The van der Waals surface area contributed by atoms with E-state index >= 15 is 0 Å². The first kappa shape index (κ1) is 24.6. The molecule has 0 atom stereocenters. The number of amides is 1. The Kier molecular flexibility index (Phi) is 9.76. The van der Waals surface area contributed by atoms with Crippen LogP contribution in [0.4, 0.5) is 9.18 Å². The van der Waals surface area contributed by atoms with Crippen LogP contribution in [0.25, 0.3) is 0 Å². The Morgan fingerprint density at radius 1 is 1.16 bits per heavy atom. The van der Waals surface area contributed by atoms with E-state index in [1.807, 2.05) is 12.1 Å². The van der Waals surface area contributed by atoms with E-state index < -0.39 is 0 Å². The van der Waals surface area contributed by atoms with Gasteiger partial charge in [-0.1, -0.05) is 0 Å². The minimum Gasteiger partial charge on any atom is -0.450 e. The second kappa shape index (κ2) is 12.3. The van der Waals surface area contributed by atoms with Gasteiger partial charge < -0.3 is 24.6 Å². The summed E-state index contributed by atoms with van der Waals surface area (Å²) in [5, 5.41) is 3.33. The van der Waals surface area contributed by atoms with Gasteiger partial charge in [0.05, 0.1) is 6.61 Å². The van der Waals surface area contributed by atoms with Crippen LogP contribution in [0.3, 0.4) is 0 Å². The Bertz CT molecular complexity index is 874. The summed E-state index contributed by atoms with van der Waals surface area (Å²) in [6.07, 6.45) is 1.39. The summed E-state index contributed by atoms with van der Waals surface area (Å²) in [6.45, 7) is 5.24. The quantitative estimate of drug-likeness (QED) is 0.354. The Balaban J connectivity index is 0.00000341. The van der Waals surface area contributed by atoms with Crippen LogP contribution in [0.15, 0.2) is 47.6 Å². The third kappa shape index (κ3) is 7.23. The van der Waals surface area contributed by atoms with E-state index in [1.54, 1.807) is 37.2 Å². The highest BCUT2D eigenvalue weighted by molar-refractivity contribution is 14.0. The monoisotopic (exact) mass is 543 g/mol. The minimum absolute atomic E-state index is 0. The Labute approximate surface area is 198 Å². The third-order valence-electron chi connectivity index (χ3n) is 4.60. The maximum Gasteiger partial charge on any atom is 0.409 e. The van der Waals surface area contributed by atoms with E-state index in [9.17, 15) is 9.18 Å². The maximum atomic E-state index is 13.0. The normalized spacial score (nSPS) is 14.0. The molecule has 0 bridgehead atoms. The molecule has 1 N–H and O–H groups in total. The first-order chi connectivity index (χ1) is 14.6. The average Bonchev–Trinajstić information content (AvgIpc) is 2.77. The van der Waals surface area contributed by atoms with Gasteiger partial charge in [0.15, 0.2) is 5.96 Å². The molecule has 31 heavy (non-hydrogen) atoms. The molecule has 0 aliphatic carbocycles. The van der Waals surface area contributed by atoms with E-state index in [0.29, 0.717) is 51.0 Å². The van der Waals surface area contributed by atoms with Gasteiger partial charge in [-0.05, 0) is 42.8 Å². The number of benzene rings is 1. The number of hydrogen-bond acceptors (Lipinski definition) is 5. The van der Waals surface area contributed by atoms with E-state index in [4.69, 9.17) is 9.47 Å². The summed E-state index contributed by atoms with van der Waals surface area (Å²) in [5.74, 6) is 1.39. The fraction of sp³-hybridized carbons (Fsp3) is 0.381. The van der Waals surface area contributed by atoms with Crippen molar-refractivity contribution in [2.45, 2.75) is 13.5 Å². The molecule has 0 radical (unpaired) electrons. The summed E-state index contributed by atoms with van der Waals surface area (Å²) in [7, 11) is 1.73. The lowest BCUT2D eigenvalue weighted by atomic mass is 10.2. The predicted octanol–water partition coefficient (Wildman–Crippen LogP) is 3.48. The lowest BCUT2D eigenvalue weighted by molar-refractivity contribution is 0.0914. The Morgan fingerprint density at radius 2 is 1.84 bits per heavy atom. The molecule has 0 unspecified atom stereocenters. The van der Waals surface area contributed by atoms with Gasteiger partial charge in [0.25, 0.3) is 0 Å². The number of pyridine rings is 1. The molecule has 1 saturated heterocycles. The second-order valence-corrected chi connectivity index (χ2v) is 6.63. The molecule has 2 heterocycles. The Morgan fingerprint density at radius 3 is 2.48 bits per heavy atom. The van der Waals surface area contributed by atoms with E-state index in [0.717, 1.165) is 11.5 Å². The van der Waals surface area contributed by atoms with Crippen LogP contribution >= 0.6 is 24.0 Å². The number of aromatic nitrogens is 1. The zero-order valence-corrected chi connectivity index (χ0v) is 19.9. The molecule has 168 valence electrons. The van der Waals surface area contributed by atoms with Gasteiger partial charge in [-0.15, -0.1) is 24.0 Å². The number of ether oxygens (including phenoxy) is 2. The fourth-order valence-electron chi connectivity index (χ4n) is 3.07. The highest BCUT2D eigenvalue weighted by atomic mass is 127. The average molecular weight is 543 g/mol. The summed E-state index contributed by atoms with van der Waals surface area (Å²) >= 11 is 0. The van der Waals surface area contributed by atoms with Crippen molar-refractivity contribution in [2.24, 2.45) is 4.99 Å².